The van der Waals surface area contributed by atoms with Crippen molar-refractivity contribution < 1.29 is 9.90 Å². The molecule has 2 N–H and O–H groups in total. The molecule has 0 saturated carbocycles. The first kappa shape index (κ1) is 13.9. The first-order valence-corrected chi connectivity index (χ1v) is 6.71. The fourth-order valence-corrected chi connectivity index (χ4v) is 2.16. The second-order valence-electron chi connectivity index (χ2n) is 4.03. The average molecular weight is 341 g/mol. The molecule has 0 unspecified atom stereocenters. The number of nitrogens with one attached hydrogen (secondary N) is 1. The van der Waals surface area contributed by atoms with Crippen molar-refractivity contribution in [2.75, 3.05) is 5.32 Å². The van der Waals surface area contributed by atoms with Crippen LogP contribution in [0.15, 0.2) is 40.9 Å². The van der Waals surface area contributed by atoms with Crippen LogP contribution in [0.5, 0.6) is 5.75 Å². The van der Waals surface area contributed by atoms with E-state index in [9.17, 15) is 9.90 Å². The molecule has 5 heteroatoms. The Bertz CT molecular complexity index is 643. The number of anilines is 1. The summed E-state index contributed by atoms with van der Waals surface area (Å²) in [5.41, 5.74) is 1.74. The van der Waals surface area contributed by atoms with Gasteiger partial charge in [-0.15, -0.1) is 0 Å². The number of halogens is 2. The van der Waals surface area contributed by atoms with Gasteiger partial charge in [-0.1, -0.05) is 33.6 Å². The first-order chi connectivity index (χ1) is 8.99. The lowest BCUT2D eigenvalue weighted by Gasteiger charge is -2.10. The Morgan fingerprint density at radius 1 is 1.32 bits per heavy atom. The van der Waals surface area contributed by atoms with E-state index in [-0.39, 0.29) is 11.3 Å². The maximum absolute atomic E-state index is 12.1. The van der Waals surface area contributed by atoms with Gasteiger partial charge in [0, 0.05) is 15.2 Å². The average Bonchev–Trinajstić information content (AvgIpc) is 2.38. The number of rotatable bonds is 2. The number of phenols is 1. The van der Waals surface area contributed by atoms with E-state index in [1.165, 1.54) is 18.2 Å². The lowest BCUT2D eigenvalue weighted by atomic mass is 10.1. The largest absolute Gasteiger partial charge is 0.507 e. The SMILES string of the molecule is Cc1c(Br)cccc1NC(=O)c1cc(Cl)ccc1O. The van der Waals surface area contributed by atoms with Gasteiger partial charge >= 0.3 is 0 Å². The van der Waals surface area contributed by atoms with Crippen LogP contribution in [-0.4, -0.2) is 11.0 Å². The molecule has 0 fully saturated rings. The molecule has 1 amide bonds. The lowest BCUT2D eigenvalue weighted by molar-refractivity contribution is 0.102. The van der Waals surface area contributed by atoms with Crippen LogP contribution in [-0.2, 0) is 0 Å². The molecule has 2 rings (SSSR count). The van der Waals surface area contributed by atoms with Crippen LogP contribution in [0.2, 0.25) is 5.02 Å². The number of carbonyl (C=O) groups excluding carboxylic acids is 1. The monoisotopic (exact) mass is 339 g/mol. The van der Waals surface area contributed by atoms with Gasteiger partial charge < -0.3 is 10.4 Å². The van der Waals surface area contributed by atoms with E-state index in [1.807, 2.05) is 19.1 Å². The molecular weight excluding hydrogens is 330 g/mol. The second kappa shape index (κ2) is 5.63. The minimum Gasteiger partial charge on any atom is -0.507 e. The second-order valence-corrected chi connectivity index (χ2v) is 5.32. The Kier molecular flexibility index (Phi) is 4.12. The molecule has 0 bridgehead atoms. The molecule has 0 heterocycles. The zero-order chi connectivity index (χ0) is 14.0. The third-order valence-electron chi connectivity index (χ3n) is 2.72. The highest BCUT2D eigenvalue weighted by molar-refractivity contribution is 9.10. The van der Waals surface area contributed by atoms with Crippen molar-refractivity contribution in [3.63, 3.8) is 0 Å². The summed E-state index contributed by atoms with van der Waals surface area (Å²) in [4.78, 5) is 12.1. The number of phenolic OH excluding ortho intramolecular Hbond substituents is 1. The number of benzene rings is 2. The molecule has 2 aromatic rings. The van der Waals surface area contributed by atoms with Gasteiger partial charge in [0.1, 0.15) is 5.75 Å². The van der Waals surface area contributed by atoms with Crippen molar-refractivity contribution in [3.8, 4) is 5.75 Å². The number of amides is 1. The maximum Gasteiger partial charge on any atom is 0.259 e. The third-order valence-corrected chi connectivity index (χ3v) is 3.81. The van der Waals surface area contributed by atoms with Gasteiger partial charge in [-0.3, -0.25) is 4.79 Å². The zero-order valence-electron chi connectivity index (χ0n) is 10.1. The summed E-state index contributed by atoms with van der Waals surface area (Å²) in [6.07, 6.45) is 0. The number of hydrogen-bond acceptors (Lipinski definition) is 2. The summed E-state index contributed by atoms with van der Waals surface area (Å²) in [6, 6.07) is 9.86. The molecule has 0 spiro atoms. The molecule has 0 atom stereocenters. The van der Waals surface area contributed by atoms with Gasteiger partial charge in [0.25, 0.3) is 5.91 Å². The summed E-state index contributed by atoms with van der Waals surface area (Å²) in [6.45, 7) is 1.89. The molecule has 0 aliphatic rings. The molecular formula is C14H11BrClNO2. The number of aromatic hydroxyl groups is 1. The number of hydrogen-bond donors (Lipinski definition) is 2. The number of carbonyl (C=O) groups is 1. The quantitative estimate of drug-likeness (QED) is 0.853. The molecule has 0 aliphatic heterocycles. The Balaban J connectivity index is 2.31. The van der Waals surface area contributed by atoms with Crippen LogP contribution in [0.3, 0.4) is 0 Å². The molecule has 0 radical (unpaired) electrons. The van der Waals surface area contributed by atoms with Crippen molar-refractivity contribution in [2.24, 2.45) is 0 Å². The Labute approximate surface area is 124 Å². The molecule has 19 heavy (non-hydrogen) atoms. The van der Waals surface area contributed by atoms with Gasteiger partial charge in [0.15, 0.2) is 0 Å². The van der Waals surface area contributed by atoms with E-state index < -0.39 is 5.91 Å². The summed E-state index contributed by atoms with van der Waals surface area (Å²) in [7, 11) is 0. The highest BCUT2D eigenvalue weighted by Gasteiger charge is 2.13. The van der Waals surface area contributed by atoms with Crippen molar-refractivity contribution in [1.82, 2.24) is 0 Å². The molecule has 0 aliphatic carbocycles. The van der Waals surface area contributed by atoms with E-state index in [2.05, 4.69) is 21.2 Å². The van der Waals surface area contributed by atoms with E-state index in [4.69, 9.17) is 11.6 Å². The van der Waals surface area contributed by atoms with Gasteiger partial charge in [-0.25, -0.2) is 0 Å². The van der Waals surface area contributed by atoms with Crippen LogP contribution in [0.4, 0.5) is 5.69 Å². The van der Waals surface area contributed by atoms with Crippen LogP contribution in [0, 0.1) is 6.92 Å². The lowest BCUT2D eigenvalue weighted by Crippen LogP contribution is -2.13. The highest BCUT2D eigenvalue weighted by Crippen LogP contribution is 2.26. The third kappa shape index (κ3) is 3.08. The van der Waals surface area contributed by atoms with Crippen molar-refractivity contribution >= 4 is 39.1 Å². The summed E-state index contributed by atoms with van der Waals surface area (Å²) >= 11 is 9.22. The zero-order valence-corrected chi connectivity index (χ0v) is 12.4. The minimum absolute atomic E-state index is 0.102. The van der Waals surface area contributed by atoms with Crippen molar-refractivity contribution in [3.05, 3.63) is 57.0 Å². The van der Waals surface area contributed by atoms with Crippen LogP contribution in [0.1, 0.15) is 15.9 Å². The van der Waals surface area contributed by atoms with Crippen LogP contribution < -0.4 is 5.32 Å². The van der Waals surface area contributed by atoms with Crippen LogP contribution >= 0.6 is 27.5 Å². The van der Waals surface area contributed by atoms with Crippen molar-refractivity contribution in [2.45, 2.75) is 6.92 Å². The van der Waals surface area contributed by atoms with Gasteiger partial charge in [0.2, 0.25) is 0 Å². The Morgan fingerprint density at radius 3 is 2.79 bits per heavy atom. The highest BCUT2D eigenvalue weighted by atomic mass is 79.9. The van der Waals surface area contributed by atoms with Crippen molar-refractivity contribution in [1.29, 1.82) is 0 Å². The summed E-state index contributed by atoms with van der Waals surface area (Å²) in [5.74, 6) is -0.504. The Hall–Kier alpha value is -1.52. The van der Waals surface area contributed by atoms with Crippen LogP contribution in [0.25, 0.3) is 0 Å². The molecule has 98 valence electrons. The normalized spacial score (nSPS) is 10.3. The fourth-order valence-electron chi connectivity index (χ4n) is 1.62. The van der Waals surface area contributed by atoms with E-state index >= 15 is 0 Å². The first-order valence-electron chi connectivity index (χ1n) is 5.54. The standard InChI is InChI=1S/C14H11BrClNO2/c1-8-11(15)3-2-4-12(8)17-14(19)10-7-9(16)5-6-13(10)18/h2-7,18H,1H3,(H,17,19). The Morgan fingerprint density at radius 2 is 2.05 bits per heavy atom. The van der Waals surface area contributed by atoms with Gasteiger partial charge in [0.05, 0.1) is 5.56 Å². The maximum atomic E-state index is 12.1. The predicted molar refractivity (Wildman–Crippen MR) is 79.9 cm³/mol. The molecule has 0 aromatic heterocycles. The van der Waals surface area contributed by atoms with E-state index in [0.29, 0.717) is 10.7 Å². The topological polar surface area (TPSA) is 49.3 Å². The van der Waals surface area contributed by atoms with E-state index in [1.54, 1.807) is 6.07 Å². The summed E-state index contributed by atoms with van der Waals surface area (Å²) in [5, 5.41) is 12.8. The molecule has 3 nitrogen and oxygen atoms in total. The van der Waals surface area contributed by atoms with E-state index in [0.717, 1.165) is 10.0 Å². The fraction of sp³-hybridized carbons (Fsp3) is 0.0714. The smallest absolute Gasteiger partial charge is 0.259 e. The van der Waals surface area contributed by atoms with Gasteiger partial charge in [-0.2, -0.15) is 0 Å². The molecule has 0 saturated heterocycles. The van der Waals surface area contributed by atoms with Gasteiger partial charge in [-0.05, 0) is 42.8 Å². The molecule has 2 aromatic carbocycles. The summed E-state index contributed by atoms with van der Waals surface area (Å²) < 4.78 is 0.903. The predicted octanol–water partition coefficient (Wildman–Crippen LogP) is 4.37. The minimum atomic E-state index is -0.402.